The van der Waals surface area contributed by atoms with E-state index >= 15 is 0 Å². The molecule has 1 aromatic heterocycles. The molecule has 112 valence electrons. The third-order valence-corrected chi connectivity index (χ3v) is 3.62. The van der Waals surface area contributed by atoms with Crippen LogP contribution in [0.15, 0.2) is 4.52 Å². The number of carbonyl (C=O) groups is 1. The Hall–Kier alpha value is -1.43. The number of aromatic nitrogens is 2. The van der Waals surface area contributed by atoms with Crippen LogP contribution >= 0.6 is 0 Å². The fraction of sp³-hybridized carbons (Fsp3) is 0.786. The molecule has 1 fully saturated rings. The van der Waals surface area contributed by atoms with Crippen molar-refractivity contribution >= 4 is 5.91 Å². The number of hydrogen-bond donors (Lipinski definition) is 1. The molecule has 1 heterocycles. The Bertz CT molecular complexity index is 427. The van der Waals surface area contributed by atoms with Gasteiger partial charge in [0.25, 0.3) is 0 Å². The second kappa shape index (κ2) is 7.38. The van der Waals surface area contributed by atoms with Gasteiger partial charge in [0.1, 0.15) is 6.10 Å². The predicted molar refractivity (Wildman–Crippen MR) is 73.3 cm³/mol. The molecule has 1 aromatic rings. The standard InChI is InChI=1S/C14H23N3O3/c1-3-19-10(2)13(18)15-9-8-12-16-14(20-17-12)11-6-4-5-7-11/h10-11H,3-9H2,1-2H3,(H,15,18). The molecule has 6 nitrogen and oxygen atoms in total. The highest BCUT2D eigenvalue weighted by Gasteiger charge is 2.22. The third-order valence-electron chi connectivity index (χ3n) is 3.62. The molecule has 1 aliphatic carbocycles. The van der Waals surface area contributed by atoms with E-state index in [1.54, 1.807) is 6.92 Å². The van der Waals surface area contributed by atoms with Crippen LogP contribution in [-0.4, -0.2) is 35.3 Å². The lowest BCUT2D eigenvalue weighted by Crippen LogP contribution is -2.35. The first kappa shape index (κ1) is 15.0. The minimum absolute atomic E-state index is 0.105. The molecule has 20 heavy (non-hydrogen) atoms. The topological polar surface area (TPSA) is 77.2 Å². The molecule has 2 rings (SSSR count). The minimum atomic E-state index is -0.417. The molecule has 0 bridgehead atoms. The van der Waals surface area contributed by atoms with Crippen LogP contribution in [0.25, 0.3) is 0 Å². The Morgan fingerprint density at radius 2 is 2.25 bits per heavy atom. The first-order chi connectivity index (χ1) is 9.70. The zero-order chi connectivity index (χ0) is 14.4. The van der Waals surface area contributed by atoms with E-state index < -0.39 is 6.10 Å². The van der Waals surface area contributed by atoms with E-state index in [0.29, 0.717) is 31.3 Å². The van der Waals surface area contributed by atoms with Crippen molar-refractivity contribution in [3.8, 4) is 0 Å². The molecule has 0 spiro atoms. The number of carbonyl (C=O) groups excluding carboxylic acids is 1. The second-order valence-electron chi connectivity index (χ2n) is 5.17. The van der Waals surface area contributed by atoms with Crippen LogP contribution in [0.3, 0.4) is 0 Å². The first-order valence-corrected chi connectivity index (χ1v) is 7.42. The van der Waals surface area contributed by atoms with Gasteiger partial charge in [0.05, 0.1) is 0 Å². The van der Waals surface area contributed by atoms with Crippen molar-refractivity contribution < 1.29 is 14.1 Å². The van der Waals surface area contributed by atoms with E-state index in [0.717, 1.165) is 18.7 Å². The van der Waals surface area contributed by atoms with Crippen molar-refractivity contribution in [2.24, 2.45) is 0 Å². The van der Waals surface area contributed by atoms with Gasteiger partial charge in [0, 0.05) is 25.5 Å². The molecule has 1 aliphatic rings. The van der Waals surface area contributed by atoms with E-state index in [4.69, 9.17) is 9.26 Å². The number of nitrogens with zero attached hydrogens (tertiary/aromatic N) is 2. The smallest absolute Gasteiger partial charge is 0.248 e. The summed E-state index contributed by atoms with van der Waals surface area (Å²) in [6, 6.07) is 0. The number of rotatable bonds is 7. The Balaban J connectivity index is 1.73. The largest absolute Gasteiger partial charge is 0.369 e. The van der Waals surface area contributed by atoms with Gasteiger partial charge >= 0.3 is 0 Å². The molecule has 6 heteroatoms. The molecule has 0 aromatic carbocycles. The van der Waals surface area contributed by atoms with Gasteiger partial charge in [0.15, 0.2) is 5.82 Å². The molecular formula is C14H23N3O3. The second-order valence-corrected chi connectivity index (χ2v) is 5.17. The molecule has 0 aliphatic heterocycles. The van der Waals surface area contributed by atoms with Gasteiger partial charge in [-0.15, -0.1) is 0 Å². The van der Waals surface area contributed by atoms with E-state index in [1.807, 2.05) is 6.92 Å². The van der Waals surface area contributed by atoms with Crippen molar-refractivity contribution in [1.29, 1.82) is 0 Å². The van der Waals surface area contributed by atoms with Crippen LogP contribution in [0.5, 0.6) is 0 Å². The molecular weight excluding hydrogens is 258 g/mol. The highest BCUT2D eigenvalue weighted by Crippen LogP contribution is 2.32. The number of ether oxygens (including phenoxy) is 1. The van der Waals surface area contributed by atoms with Crippen LogP contribution in [-0.2, 0) is 16.0 Å². The fourth-order valence-electron chi connectivity index (χ4n) is 2.47. The average Bonchev–Trinajstić information content (AvgIpc) is 3.09. The van der Waals surface area contributed by atoms with Gasteiger partial charge in [0.2, 0.25) is 11.8 Å². The van der Waals surface area contributed by atoms with Crippen LogP contribution < -0.4 is 5.32 Å². The molecule has 0 radical (unpaired) electrons. The molecule has 1 amide bonds. The van der Waals surface area contributed by atoms with E-state index in [9.17, 15) is 4.79 Å². The SMILES string of the molecule is CCOC(C)C(=O)NCCc1noc(C2CCCC2)n1. The maximum atomic E-state index is 11.6. The summed E-state index contributed by atoms with van der Waals surface area (Å²) in [6.45, 7) is 4.64. The van der Waals surface area contributed by atoms with Crippen molar-refractivity contribution in [3.63, 3.8) is 0 Å². The Morgan fingerprint density at radius 3 is 2.95 bits per heavy atom. The van der Waals surface area contributed by atoms with E-state index in [-0.39, 0.29) is 5.91 Å². The summed E-state index contributed by atoms with van der Waals surface area (Å²) >= 11 is 0. The van der Waals surface area contributed by atoms with E-state index in [1.165, 1.54) is 12.8 Å². The monoisotopic (exact) mass is 281 g/mol. The summed E-state index contributed by atoms with van der Waals surface area (Å²) in [7, 11) is 0. The summed E-state index contributed by atoms with van der Waals surface area (Å²) in [5.74, 6) is 1.75. The predicted octanol–water partition coefficient (Wildman–Crippen LogP) is 1.81. The fourth-order valence-corrected chi connectivity index (χ4v) is 2.47. The number of hydrogen-bond acceptors (Lipinski definition) is 5. The molecule has 1 unspecified atom stereocenters. The molecule has 0 saturated heterocycles. The summed E-state index contributed by atoms with van der Waals surface area (Å²) in [4.78, 5) is 16.0. The highest BCUT2D eigenvalue weighted by molar-refractivity contribution is 5.80. The van der Waals surface area contributed by atoms with Crippen molar-refractivity contribution in [2.75, 3.05) is 13.2 Å². The number of amides is 1. The zero-order valence-corrected chi connectivity index (χ0v) is 12.2. The van der Waals surface area contributed by atoms with Gasteiger partial charge < -0.3 is 14.6 Å². The van der Waals surface area contributed by atoms with E-state index in [2.05, 4.69) is 15.5 Å². The van der Waals surface area contributed by atoms with Crippen LogP contribution in [0.2, 0.25) is 0 Å². The molecule has 1 N–H and O–H groups in total. The lowest BCUT2D eigenvalue weighted by molar-refractivity contribution is -0.131. The maximum absolute atomic E-state index is 11.6. The van der Waals surface area contributed by atoms with Crippen molar-refractivity contribution in [2.45, 2.75) is 58.0 Å². The Morgan fingerprint density at radius 1 is 1.50 bits per heavy atom. The Kier molecular flexibility index (Phi) is 5.52. The average molecular weight is 281 g/mol. The molecule has 1 saturated carbocycles. The summed E-state index contributed by atoms with van der Waals surface area (Å²) in [5.41, 5.74) is 0. The quantitative estimate of drug-likeness (QED) is 0.824. The highest BCUT2D eigenvalue weighted by atomic mass is 16.5. The normalized spacial score (nSPS) is 17.3. The van der Waals surface area contributed by atoms with Gasteiger partial charge in [-0.05, 0) is 26.7 Å². The Labute approximate surface area is 119 Å². The lowest BCUT2D eigenvalue weighted by Gasteiger charge is -2.10. The van der Waals surface area contributed by atoms with Crippen LogP contribution in [0, 0.1) is 0 Å². The zero-order valence-electron chi connectivity index (χ0n) is 12.2. The van der Waals surface area contributed by atoms with Gasteiger partial charge in [-0.3, -0.25) is 4.79 Å². The summed E-state index contributed by atoms with van der Waals surface area (Å²) in [5, 5.41) is 6.78. The maximum Gasteiger partial charge on any atom is 0.248 e. The van der Waals surface area contributed by atoms with Crippen LogP contribution in [0.1, 0.15) is 57.2 Å². The summed E-state index contributed by atoms with van der Waals surface area (Å²) < 4.78 is 10.5. The summed E-state index contributed by atoms with van der Waals surface area (Å²) in [6.07, 6.45) is 4.94. The molecule has 1 atom stereocenters. The van der Waals surface area contributed by atoms with Crippen molar-refractivity contribution in [3.05, 3.63) is 11.7 Å². The minimum Gasteiger partial charge on any atom is -0.369 e. The number of nitrogens with one attached hydrogen (secondary N) is 1. The lowest BCUT2D eigenvalue weighted by atomic mass is 10.1. The van der Waals surface area contributed by atoms with Gasteiger partial charge in [-0.1, -0.05) is 18.0 Å². The first-order valence-electron chi connectivity index (χ1n) is 7.42. The van der Waals surface area contributed by atoms with Gasteiger partial charge in [-0.2, -0.15) is 4.98 Å². The van der Waals surface area contributed by atoms with Crippen molar-refractivity contribution in [1.82, 2.24) is 15.5 Å². The van der Waals surface area contributed by atoms with Gasteiger partial charge in [-0.25, -0.2) is 0 Å². The van der Waals surface area contributed by atoms with Crippen LogP contribution in [0.4, 0.5) is 0 Å². The third kappa shape index (κ3) is 4.03.